The topological polar surface area (TPSA) is 25.2 Å². The predicted molar refractivity (Wildman–Crippen MR) is 83.1 cm³/mol. The summed E-state index contributed by atoms with van der Waals surface area (Å²) >= 11 is 2.25. The quantitative estimate of drug-likeness (QED) is 0.750. The number of carbonyl (C=O) groups excluding carboxylic acids is 1. The number of benzene rings is 1. The van der Waals surface area contributed by atoms with E-state index in [1.54, 1.807) is 0 Å². The molecular weight excluding hydrogens is 351 g/mol. The number of amides is 1. The molecule has 2 aromatic rings. The van der Waals surface area contributed by atoms with Crippen molar-refractivity contribution in [1.82, 2.24) is 9.47 Å². The van der Waals surface area contributed by atoms with Crippen LogP contribution in [0.1, 0.15) is 21.6 Å². The number of fused-ring (bicyclic) bond motifs is 1. The number of halogens is 1. The fourth-order valence-corrected chi connectivity index (χ4v) is 3.03. The molecule has 0 unspecified atom stereocenters. The Bertz CT molecular complexity index is 616. The second-order valence-electron chi connectivity index (χ2n) is 4.95. The minimum Gasteiger partial charge on any atom is -0.341 e. The third-order valence-electron chi connectivity index (χ3n) is 3.47. The summed E-state index contributed by atoms with van der Waals surface area (Å²) in [5, 5.41) is 0. The second-order valence-corrected chi connectivity index (χ2v) is 6.19. The lowest BCUT2D eigenvalue weighted by molar-refractivity contribution is 0.0691. The summed E-state index contributed by atoms with van der Waals surface area (Å²) in [4.78, 5) is 14.3. The van der Waals surface area contributed by atoms with Gasteiger partial charge in [0.1, 0.15) is 5.69 Å². The average molecular weight is 366 g/mol. The molecule has 98 valence electrons. The monoisotopic (exact) mass is 366 g/mol. The number of nitrogens with zero attached hydrogens (tertiary/aromatic N) is 2. The number of rotatable bonds is 2. The summed E-state index contributed by atoms with van der Waals surface area (Å²) in [5.74, 6) is 0.134. The zero-order valence-electron chi connectivity index (χ0n) is 10.8. The fourth-order valence-electron chi connectivity index (χ4n) is 2.40. The Morgan fingerprint density at radius 1 is 1.21 bits per heavy atom. The van der Waals surface area contributed by atoms with Gasteiger partial charge in [-0.15, -0.1) is 0 Å². The Balaban J connectivity index is 1.80. The Hall–Kier alpha value is -1.30. The lowest BCUT2D eigenvalue weighted by Gasteiger charge is -2.28. The summed E-state index contributed by atoms with van der Waals surface area (Å²) in [6.07, 6.45) is 2.04. The third kappa shape index (κ3) is 2.54. The van der Waals surface area contributed by atoms with Crippen molar-refractivity contribution in [2.24, 2.45) is 0 Å². The minimum absolute atomic E-state index is 0.134. The van der Waals surface area contributed by atoms with Crippen molar-refractivity contribution in [1.29, 1.82) is 0 Å². The van der Waals surface area contributed by atoms with Gasteiger partial charge in [-0.25, -0.2) is 0 Å². The van der Waals surface area contributed by atoms with Crippen LogP contribution in [-0.4, -0.2) is 21.9 Å². The normalized spacial score (nSPS) is 14.6. The highest BCUT2D eigenvalue weighted by molar-refractivity contribution is 14.1. The first-order valence-electron chi connectivity index (χ1n) is 6.34. The average Bonchev–Trinajstić information content (AvgIpc) is 2.77. The van der Waals surface area contributed by atoms with Gasteiger partial charge in [0.25, 0.3) is 5.91 Å². The maximum absolute atomic E-state index is 12.4. The van der Waals surface area contributed by atoms with E-state index in [4.69, 9.17) is 0 Å². The van der Waals surface area contributed by atoms with E-state index in [2.05, 4.69) is 58.3 Å². The standard InChI is InChI=1S/C15H15IN2O/c1-11-2-4-12(5-3-11)9-18-7-6-17-10-13(16)8-14(17)15(18)19/h2-5,8,10H,6-7,9H2,1H3. The minimum atomic E-state index is 0.134. The molecule has 1 aromatic heterocycles. The zero-order chi connectivity index (χ0) is 13.4. The number of hydrogen-bond donors (Lipinski definition) is 0. The second kappa shape index (κ2) is 5.00. The third-order valence-corrected chi connectivity index (χ3v) is 4.06. The van der Waals surface area contributed by atoms with Crippen molar-refractivity contribution in [3.8, 4) is 0 Å². The van der Waals surface area contributed by atoms with Gasteiger partial charge in [-0.05, 0) is 41.1 Å². The van der Waals surface area contributed by atoms with E-state index < -0.39 is 0 Å². The van der Waals surface area contributed by atoms with Gasteiger partial charge in [-0.3, -0.25) is 4.79 Å². The molecule has 0 aliphatic carbocycles. The molecule has 0 fully saturated rings. The van der Waals surface area contributed by atoms with Gasteiger partial charge < -0.3 is 9.47 Å². The van der Waals surface area contributed by atoms with Crippen LogP contribution >= 0.6 is 22.6 Å². The number of carbonyl (C=O) groups is 1. The van der Waals surface area contributed by atoms with Crippen molar-refractivity contribution in [3.05, 3.63) is 56.9 Å². The largest absolute Gasteiger partial charge is 0.341 e. The Kier molecular flexibility index (Phi) is 3.35. The van der Waals surface area contributed by atoms with Gasteiger partial charge in [-0.1, -0.05) is 29.8 Å². The molecule has 4 heteroatoms. The lowest BCUT2D eigenvalue weighted by atomic mass is 10.1. The van der Waals surface area contributed by atoms with E-state index in [0.29, 0.717) is 6.54 Å². The highest BCUT2D eigenvalue weighted by Crippen LogP contribution is 2.19. The first-order chi connectivity index (χ1) is 9.13. The molecule has 19 heavy (non-hydrogen) atoms. The molecule has 1 amide bonds. The Morgan fingerprint density at radius 3 is 2.68 bits per heavy atom. The van der Waals surface area contributed by atoms with E-state index in [-0.39, 0.29) is 5.91 Å². The van der Waals surface area contributed by atoms with E-state index in [0.717, 1.165) is 22.4 Å². The fraction of sp³-hybridized carbons (Fsp3) is 0.267. The molecule has 1 aliphatic heterocycles. The van der Waals surface area contributed by atoms with Gasteiger partial charge in [0.2, 0.25) is 0 Å². The summed E-state index contributed by atoms with van der Waals surface area (Å²) in [5.41, 5.74) is 3.24. The molecule has 1 aliphatic rings. The maximum atomic E-state index is 12.4. The molecule has 0 saturated heterocycles. The molecule has 2 heterocycles. The van der Waals surface area contributed by atoms with Crippen LogP contribution in [0.4, 0.5) is 0 Å². The molecule has 3 nitrogen and oxygen atoms in total. The lowest BCUT2D eigenvalue weighted by Crippen LogP contribution is -2.39. The summed E-state index contributed by atoms with van der Waals surface area (Å²) < 4.78 is 3.17. The van der Waals surface area contributed by atoms with Crippen LogP contribution in [0.25, 0.3) is 0 Å². The van der Waals surface area contributed by atoms with Gasteiger partial charge >= 0.3 is 0 Å². The molecule has 0 atom stereocenters. The van der Waals surface area contributed by atoms with Gasteiger partial charge in [0.15, 0.2) is 0 Å². The van der Waals surface area contributed by atoms with Gasteiger partial charge in [-0.2, -0.15) is 0 Å². The Morgan fingerprint density at radius 2 is 1.95 bits per heavy atom. The van der Waals surface area contributed by atoms with Gasteiger partial charge in [0.05, 0.1) is 0 Å². The van der Waals surface area contributed by atoms with Crippen LogP contribution in [0, 0.1) is 10.5 Å². The highest BCUT2D eigenvalue weighted by Gasteiger charge is 2.24. The smallest absolute Gasteiger partial charge is 0.270 e. The summed E-state index contributed by atoms with van der Waals surface area (Å²) in [7, 11) is 0. The van der Waals surface area contributed by atoms with Gasteiger partial charge in [0, 0.05) is 29.4 Å². The first-order valence-corrected chi connectivity index (χ1v) is 7.42. The molecule has 0 N–H and O–H groups in total. The van der Waals surface area contributed by atoms with E-state index in [1.807, 2.05) is 17.2 Å². The molecular formula is C15H15IN2O. The van der Waals surface area contributed by atoms with Crippen LogP contribution in [0.5, 0.6) is 0 Å². The SMILES string of the molecule is Cc1ccc(CN2CCn3cc(I)cc3C2=O)cc1. The molecule has 0 saturated carbocycles. The van der Waals surface area contributed by atoms with Crippen LogP contribution in [-0.2, 0) is 13.1 Å². The molecule has 3 rings (SSSR count). The predicted octanol–water partition coefficient (Wildman–Crippen LogP) is 3.06. The van der Waals surface area contributed by atoms with Crippen molar-refractivity contribution in [2.75, 3.05) is 6.54 Å². The van der Waals surface area contributed by atoms with Crippen molar-refractivity contribution in [2.45, 2.75) is 20.0 Å². The number of aromatic nitrogens is 1. The van der Waals surface area contributed by atoms with Crippen molar-refractivity contribution >= 4 is 28.5 Å². The molecule has 0 radical (unpaired) electrons. The van der Waals surface area contributed by atoms with Crippen LogP contribution < -0.4 is 0 Å². The molecule has 1 aromatic carbocycles. The van der Waals surface area contributed by atoms with Crippen LogP contribution in [0.3, 0.4) is 0 Å². The Labute approximate surface area is 126 Å². The highest BCUT2D eigenvalue weighted by atomic mass is 127. The zero-order valence-corrected chi connectivity index (χ0v) is 12.9. The molecule has 0 spiro atoms. The summed E-state index contributed by atoms with van der Waals surface area (Å²) in [6.45, 7) is 4.44. The van der Waals surface area contributed by atoms with E-state index in [9.17, 15) is 4.79 Å². The summed E-state index contributed by atoms with van der Waals surface area (Å²) in [6, 6.07) is 10.3. The van der Waals surface area contributed by atoms with E-state index in [1.165, 1.54) is 11.1 Å². The number of hydrogen-bond acceptors (Lipinski definition) is 1. The van der Waals surface area contributed by atoms with E-state index >= 15 is 0 Å². The van der Waals surface area contributed by atoms with Crippen LogP contribution in [0.15, 0.2) is 36.5 Å². The molecule has 0 bridgehead atoms. The van der Waals surface area contributed by atoms with Crippen molar-refractivity contribution in [3.63, 3.8) is 0 Å². The van der Waals surface area contributed by atoms with Crippen molar-refractivity contribution < 1.29 is 4.79 Å². The van der Waals surface area contributed by atoms with Crippen LogP contribution in [0.2, 0.25) is 0 Å². The first kappa shape index (κ1) is 12.7. The number of aryl methyl sites for hydroxylation is 1. The maximum Gasteiger partial charge on any atom is 0.270 e.